The number of likely N-dealkylation sites (N-methyl/N-ethyl adjacent to an activating group) is 1. The summed E-state index contributed by atoms with van der Waals surface area (Å²) >= 11 is 0. The highest BCUT2D eigenvalue weighted by molar-refractivity contribution is 5.84. The lowest BCUT2D eigenvalue weighted by Crippen LogP contribution is -3.14. The Labute approximate surface area is 131 Å². The minimum absolute atomic E-state index is 0.737. The van der Waals surface area contributed by atoms with Crippen LogP contribution in [0, 0.1) is 0 Å². The zero-order valence-electron chi connectivity index (χ0n) is 13.0. The third-order valence-electron chi connectivity index (χ3n) is 4.47. The second kappa shape index (κ2) is 6.71. The van der Waals surface area contributed by atoms with Gasteiger partial charge in [0.05, 0.1) is 12.7 Å². The van der Waals surface area contributed by atoms with Gasteiger partial charge in [-0.25, -0.2) is 9.88 Å². The molecule has 114 valence electrons. The number of quaternary nitrogens is 1. The number of carbonyl (C=O) groups excluding carboxylic acids is 1. The van der Waals surface area contributed by atoms with Gasteiger partial charge in [-0.15, -0.1) is 0 Å². The van der Waals surface area contributed by atoms with Gasteiger partial charge in [0.2, 0.25) is 0 Å². The van der Waals surface area contributed by atoms with Crippen molar-refractivity contribution < 1.29 is 14.7 Å². The van der Waals surface area contributed by atoms with E-state index in [-0.39, 0.29) is 0 Å². The lowest BCUT2D eigenvalue weighted by Gasteiger charge is -2.27. The Morgan fingerprint density at radius 2 is 1.91 bits per heavy atom. The first-order chi connectivity index (χ1) is 10.8. The molecule has 0 bridgehead atoms. The molecule has 1 aromatic carbocycles. The summed E-state index contributed by atoms with van der Waals surface area (Å²) in [4.78, 5) is 18.8. The third-order valence-corrected chi connectivity index (χ3v) is 4.47. The molecule has 2 heterocycles. The fourth-order valence-corrected chi connectivity index (χ4v) is 3.07. The highest BCUT2D eigenvalue weighted by Gasteiger charge is 2.27. The van der Waals surface area contributed by atoms with Crippen molar-refractivity contribution in [1.29, 1.82) is 0 Å². The quantitative estimate of drug-likeness (QED) is 0.844. The van der Waals surface area contributed by atoms with Crippen LogP contribution < -0.4 is 14.8 Å². The molecule has 4 heteroatoms. The second-order valence-corrected chi connectivity index (χ2v) is 5.77. The summed E-state index contributed by atoms with van der Waals surface area (Å²) in [5.41, 5.74) is 2.90. The molecule has 2 aromatic rings. The fourth-order valence-electron chi connectivity index (χ4n) is 3.07. The molecule has 1 saturated heterocycles. The molecule has 2 N–H and O–H groups in total. The largest absolute Gasteiger partial charge is 0.329 e. The van der Waals surface area contributed by atoms with Crippen molar-refractivity contribution in [3.05, 3.63) is 48.2 Å². The number of aldehydes is 1. The molecule has 0 atom stereocenters. The van der Waals surface area contributed by atoms with Crippen molar-refractivity contribution in [2.75, 3.05) is 37.6 Å². The number of nitrogens with one attached hydrogen (secondary N) is 2. The van der Waals surface area contributed by atoms with E-state index < -0.39 is 0 Å². The molecule has 0 unspecified atom stereocenters. The van der Waals surface area contributed by atoms with Crippen molar-refractivity contribution in [1.82, 2.24) is 0 Å². The maximum atomic E-state index is 11.5. The number of rotatable bonds is 4. The number of aromatic amines is 1. The molecule has 0 saturated carbocycles. The smallest absolute Gasteiger partial charge is 0.285 e. The maximum absolute atomic E-state index is 11.5. The van der Waals surface area contributed by atoms with Crippen LogP contribution >= 0.6 is 0 Å². The predicted octanol–water partition coefficient (Wildman–Crippen LogP) is 0.705. The van der Waals surface area contributed by atoms with Crippen LogP contribution in [-0.2, 0) is 0 Å². The van der Waals surface area contributed by atoms with Gasteiger partial charge in [-0.05, 0) is 18.6 Å². The zero-order valence-corrected chi connectivity index (χ0v) is 13.0. The lowest BCUT2D eigenvalue weighted by atomic mass is 10.1. The Bertz CT molecular complexity index is 634. The van der Waals surface area contributed by atoms with Crippen LogP contribution in [0.15, 0.2) is 42.6 Å². The Kier molecular flexibility index (Phi) is 4.49. The first-order valence-electron chi connectivity index (χ1n) is 7.96. The number of hydrogen-bond donors (Lipinski definition) is 1. The van der Waals surface area contributed by atoms with E-state index in [0.29, 0.717) is 0 Å². The number of pyridine rings is 1. The van der Waals surface area contributed by atoms with Gasteiger partial charge in [0.1, 0.15) is 31.7 Å². The van der Waals surface area contributed by atoms with E-state index in [1.165, 1.54) is 6.54 Å². The van der Waals surface area contributed by atoms with Crippen molar-refractivity contribution in [3.8, 4) is 11.1 Å². The molecule has 3 rings (SSSR count). The van der Waals surface area contributed by atoms with E-state index in [1.807, 2.05) is 30.5 Å². The van der Waals surface area contributed by atoms with Gasteiger partial charge >= 0.3 is 0 Å². The molecule has 0 amide bonds. The van der Waals surface area contributed by atoms with Gasteiger partial charge in [0, 0.05) is 5.56 Å². The summed E-state index contributed by atoms with van der Waals surface area (Å²) in [6.07, 6.45) is 2.95. The highest BCUT2D eigenvalue weighted by atomic mass is 16.1. The predicted molar refractivity (Wildman–Crippen MR) is 87.3 cm³/mol. The van der Waals surface area contributed by atoms with Crippen LogP contribution in [-0.4, -0.2) is 39.0 Å². The number of benzene rings is 1. The first-order valence-corrected chi connectivity index (χ1v) is 7.96. The third kappa shape index (κ3) is 3.02. The van der Waals surface area contributed by atoms with Gasteiger partial charge in [0.15, 0.2) is 6.29 Å². The number of aromatic nitrogens is 1. The van der Waals surface area contributed by atoms with E-state index in [9.17, 15) is 4.79 Å². The SMILES string of the molecule is CC[NH+]1CCN(c2[nH+]cc(-c3ccccc3)cc2C=O)CC1. The molecule has 1 aliphatic rings. The van der Waals surface area contributed by atoms with Crippen LogP contribution in [0.1, 0.15) is 17.3 Å². The average molecular weight is 297 g/mol. The number of anilines is 1. The standard InChI is InChI=1S/C18H21N3O/c1-2-20-8-10-21(11-9-20)18-17(14-22)12-16(13-19-18)15-6-4-3-5-7-15/h3-7,12-14H,2,8-11H2,1H3/p+2. The fraction of sp³-hybridized carbons (Fsp3) is 0.333. The van der Waals surface area contributed by atoms with Crippen molar-refractivity contribution in [2.24, 2.45) is 0 Å². The van der Waals surface area contributed by atoms with Crippen LogP contribution in [0.25, 0.3) is 11.1 Å². The molecule has 1 fully saturated rings. The molecule has 0 spiro atoms. The second-order valence-electron chi connectivity index (χ2n) is 5.77. The van der Waals surface area contributed by atoms with Crippen LogP contribution in [0.5, 0.6) is 0 Å². The van der Waals surface area contributed by atoms with E-state index in [4.69, 9.17) is 0 Å². The highest BCUT2D eigenvalue weighted by Crippen LogP contribution is 2.21. The summed E-state index contributed by atoms with van der Waals surface area (Å²) in [6, 6.07) is 12.1. The number of H-pyrrole nitrogens is 1. The summed E-state index contributed by atoms with van der Waals surface area (Å²) in [5.74, 6) is 0.949. The van der Waals surface area contributed by atoms with E-state index in [2.05, 4.69) is 28.9 Å². The Morgan fingerprint density at radius 3 is 2.55 bits per heavy atom. The number of carbonyl (C=O) groups is 1. The first kappa shape index (κ1) is 14.7. The van der Waals surface area contributed by atoms with Gasteiger partial charge in [-0.1, -0.05) is 30.3 Å². The van der Waals surface area contributed by atoms with Crippen molar-refractivity contribution >= 4 is 12.1 Å². The number of piperazine rings is 1. The molecule has 1 aromatic heterocycles. The normalized spacial score (nSPS) is 15.8. The van der Waals surface area contributed by atoms with E-state index in [0.717, 1.165) is 55.0 Å². The molecule has 0 radical (unpaired) electrons. The molecule has 0 aliphatic carbocycles. The topological polar surface area (TPSA) is 38.9 Å². The lowest BCUT2D eigenvalue weighted by molar-refractivity contribution is -0.898. The summed E-state index contributed by atoms with van der Waals surface area (Å²) in [6.45, 7) is 7.64. The zero-order chi connectivity index (χ0) is 15.4. The van der Waals surface area contributed by atoms with Gasteiger partial charge in [0.25, 0.3) is 5.82 Å². The number of nitrogens with zero attached hydrogens (tertiary/aromatic N) is 1. The van der Waals surface area contributed by atoms with Crippen molar-refractivity contribution in [3.63, 3.8) is 0 Å². The average Bonchev–Trinajstić information content (AvgIpc) is 2.62. The summed E-state index contributed by atoms with van der Waals surface area (Å²) < 4.78 is 0. The monoisotopic (exact) mass is 297 g/mol. The minimum Gasteiger partial charge on any atom is -0.329 e. The van der Waals surface area contributed by atoms with E-state index >= 15 is 0 Å². The molecule has 4 nitrogen and oxygen atoms in total. The summed E-state index contributed by atoms with van der Waals surface area (Å²) in [7, 11) is 0. The van der Waals surface area contributed by atoms with E-state index in [1.54, 1.807) is 4.90 Å². The van der Waals surface area contributed by atoms with Gasteiger partial charge in [-0.2, -0.15) is 0 Å². The Balaban J connectivity index is 1.85. The number of hydrogen-bond acceptors (Lipinski definition) is 2. The van der Waals surface area contributed by atoms with Crippen LogP contribution in [0.3, 0.4) is 0 Å². The van der Waals surface area contributed by atoms with Gasteiger partial charge < -0.3 is 4.90 Å². The minimum atomic E-state index is 0.737. The molecular weight excluding hydrogens is 274 g/mol. The van der Waals surface area contributed by atoms with Gasteiger partial charge in [-0.3, -0.25) is 4.79 Å². The van der Waals surface area contributed by atoms with Crippen LogP contribution in [0.4, 0.5) is 5.82 Å². The Hall–Kier alpha value is -2.20. The molecular formula is C18H23N3O+2. The summed E-state index contributed by atoms with van der Waals surface area (Å²) in [5, 5.41) is 0. The molecule has 22 heavy (non-hydrogen) atoms. The maximum Gasteiger partial charge on any atom is 0.285 e. The Morgan fingerprint density at radius 1 is 1.18 bits per heavy atom. The molecule has 1 aliphatic heterocycles. The van der Waals surface area contributed by atoms with Crippen LogP contribution in [0.2, 0.25) is 0 Å². The van der Waals surface area contributed by atoms with Crippen molar-refractivity contribution in [2.45, 2.75) is 6.92 Å².